The molecule has 0 aliphatic rings. The highest BCUT2D eigenvalue weighted by molar-refractivity contribution is 6.02. The van der Waals surface area contributed by atoms with Gasteiger partial charge in [-0.25, -0.2) is 4.98 Å². The van der Waals surface area contributed by atoms with Crippen molar-refractivity contribution >= 4 is 28.5 Å². The maximum Gasteiger partial charge on any atom is 0.255 e. The molecule has 34 heavy (non-hydrogen) atoms. The molecule has 0 fully saturated rings. The number of para-hydroxylation sites is 3. The lowest BCUT2D eigenvalue weighted by Gasteiger charge is -2.22. The highest BCUT2D eigenvalue weighted by atomic mass is 16.5. The van der Waals surface area contributed by atoms with Gasteiger partial charge in [0.05, 0.1) is 23.7 Å². The van der Waals surface area contributed by atoms with E-state index in [9.17, 15) is 9.59 Å². The number of anilines is 1. The summed E-state index contributed by atoms with van der Waals surface area (Å²) in [4.78, 5) is 30.6. The Bertz CT molecular complexity index is 1330. The van der Waals surface area contributed by atoms with Gasteiger partial charge in [0.1, 0.15) is 17.6 Å². The van der Waals surface area contributed by atoms with E-state index >= 15 is 0 Å². The summed E-state index contributed by atoms with van der Waals surface area (Å²) in [6.45, 7) is 3.78. The minimum atomic E-state index is -0.711. The van der Waals surface area contributed by atoms with Crippen molar-refractivity contribution in [3.63, 3.8) is 0 Å². The number of amides is 2. The third-order valence-electron chi connectivity index (χ3n) is 5.79. The summed E-state index contributed by atoms with van der Waals surface area (Å²) in [7, 11) is 3.49. The second-order valence-electron chi connectivity index (χ2n) is 8.45. The summed E-state index contributed by atoms with van der Waals surface area (Å²) in [6.07, 6.45) is 0. The molecule has 4 aromatic rings. The highest BCUT2D eigenvalue weighted by Crippen LogP contribution is 2.25. The predicted molar refractivity (Wildman–Crippen MR) is 134 cm³/mol. The molecule has 1 atom stereocenters. The molecular formula is C27H28N4O3. The molecule has 1 heterocycles. The van der Waals surface area contributed by atoms with E-state index < -0.39 is 6.04 Å². The molecular weight excluding hydrogens is 428 g/mol. The fourth-order valence-corrected chi connectivity index (χ4v) is 3.91. The number of fused-ring (bicyclic) bond motifs is 1. The third kappa shape index (κ3) is 4.64. The molecule has 0 aliphatic carbocycles. The van der Waals surface area contributed by atoms with Crippen LogP contribution >= 0.6 is 0 Å². The highest BCUT2D eigenvalue weighted by Gasteiger charge is 2.26. The van der Waals surface area contributed by atoms with E-state index in [1.54, 1.807) is 24.3 Å². The Morgan fingerprint density at radius 1 is 0.941 bits per heavy atom. The molecule has 1 unspecified atom stereocenters. The van der Waals surface area contributed by atoms with Gasteiger partial charge in [-0.1, -0.05) is 38.1 Å². The van der Waals surface area contributed by atoms with Gasteiger partial charge in [0.25, 0.3) is 5.91 Å². The first-order chi connectivity index (χ1) is 16.4. The Morgan fingerprint density at radius 2 is 1.62 bits per heavy atom. The van der Waals surface area contributed by atoms with Gasteiger partial charge in [-0.05, 0) is 54.4 Å². The molecule has 0 radical (unpaired) electrons. The van der Waals surface area contributed by atoms with Crippen LogP contribution in [0.2, 0.25) is 0 Å². The van der Waals surface area contributed by atoms with Crippen molar-refractivity contribution < 1.29 is 14.3 Å². The molecule has 0 bridgehead atoms. The first kappa shape index (κ1) is 23.0. The summed E-state index contributed by atoms with van der Waals surface area (Å²) in [5.74, 6) is 0.554. The molecule has 2 N–H and O–H groups in total. The van der Waals surface area contributed by atoms with Crippen LogP contribution < -0.4 is 15.4 Å². The van der Waals surface area contributed by atoms with Crippen molar-refractivity contribution in [1.29, 1.82) is 0 Å². The van der Waals surface area contributed by atoms with Crippen LogP contribution in [0.15, 0.2) is 72.8 Å². The van der Waals surface area contributed by atoms with Crippen LogP contribution in [0.5, 0.6) is 5.75 Å². The molecule has 0 saturated heterocycles. The summed E-state index contributed by atoms with van der Waals surface area (Å²) in [5, 5.41) is 5.76. The van der Waals surface area contributed by atoms with Gasteiger partial charge >= 0.3 is 0 Å². The number of nitrogens with zero attached hydrogens (tertiary/aromatic N) is 2. The number of carbonyl (C=O) groups is 2. The van der Waals surface area contributed by atoms with Crippen molar-refractivity contribution in [2.75, 3.05) is 12.4 Å². The van der Waals surface area contributed by atoms with Crippen LogP contribution in [0.4, 0.5) is 5.69 Å². The van der Waals surface area contributed by atoms with Gasteiger partial charge in [0.2, 0.25) is 5.91 Å². The SMILES string of the molecule is COc1ccccc1C(=O)NC(C(=O)Nc1ccc(-c2nc3ccccc3n2C)cc1)C(C)C. The topological polar surface area (TPSA) is 85.2 Å². The zero-order valence-electron chi connectivity index (χ0n) is 19.7. The van der Waals surface area contributed by atoms with Crippen LogP contribution in [0, 0.1) is 5.92 Å². The molecule has 0 spiro atoms. The first-order valence-electron chi connectivity index (χ1n) is 11.2. The number of ether oxygens (including phenoxy) is 1. The van der Waals surface area contributed by atoms with Gasteiger partial charge in [0, 0.05) is 18.3 Å². The van der Waals surface area contributed by atoms with Crippen LogP contribution in [-0.4, -0.2) is 34.5 Å². The number of methoxy groups -OCH3 is 1. The Hall–Kier alpha value is -4.13. The number of hydrogen-bond acceptors (Lipinski definition) is 4. The monoisotopic (exact) mass is 456 g/mol. The summed E-state index contributed by atoms with van der Waals surface area (Å²) in [5.41, 5.74) is 3.96. The van der Waals surface area contributed by atoms with Gasteiger partial charge in [-0.2, -0.15) is 0 Å². The first-order valence-corrected chi connectivity index (χ1v) is 11.2. The summed E-state index contributed by atoms with van der Waals surface area (Å²) in [6, 6.07) is 21.7. The van der Waals surface area contributed by atoms with Crippen molar-refractivity contribution in [1.82, 2.24) is 14.9 Å². The van der Waals surface area contributed by atoms with Crippen molar-refractivity contribution in [3.05, 3.63) is 78.4 Å². The minimum Gasteiger partial charge on any atom is -0.496 e. The maximum absolute atomic E-state index is 13.0. The zero-order chi connectivity index (χ0) is 24.2. The van der Waals surface area contributed by atoms with E-state index in [1.807, 2.05) is 74.0 Å². The average Bonchev–Trinajstić information content (AvgIpc) is 3.19. The van der Waals surface area contributed by atoms with E-state index in [0.29, 0.717) is 17.0 Å². The molecule has 0 saturated carbocycles. The molecule has 4 rings (SSSR count). The van der Waals surface area contributed by atoms with Crippen molar-refractivity contribution in [2.45, 2.75) is 19.9 Å². The van der Waals surface area contributed by atoms with Crippen LogP contribution in [0.3, 0.4) is 0 Å². The Kier molecular flexibility index (Phi) is 6.63. The largest absolute Gasteiger partial charge is 0.496 e. The van der Waals surface area contributed by atoms with Crippen molar-refractivity contribution in [2.24, 2.45) is 13.0 Å². The van der Waals surface area contributed by atoms with Gasteiger partial charge in [-0.3, -0.25) is 9.59 Å². The van der Waals surface area contributed by atoms with E-state index in [-0.39, 0.29) is 17.7 Å². The molecule has 7 nitrogen and oxygen atoms in total. The van der Waals surface area contributed by atoms with E-state index in [1.165, 1.54) is 7.11 Å². The standard InChI is InChI=1S/C27H28N4O3/c1-17(2)24(30-26(32)20-9-5-8-12-23(20)34-4)27(33)28-19-15-13-18(14-16-19)25-29-21-10-6-7-11-22(21)31(25)3/h5-17,24H,1-4H3,(H,28,33)(H,30,32). The fourth-order valence-electron chi connectivity index (χ4n) is 3.91. The second-order valence-corrected chi connectivity index (χ2v) is 8.45. The molecule has 2 amide bonds. The molecule has 7 heteroatoms. The third-order valence-corrected chi connectivity index (χ3v) is 5.79. The summed E-state index contributed by atoms with van der Waals surface area (Å²) < 4.78 is 7.32. The zero-order valence-corrected chi connectivity index (χ0v) is 19.7. The van der Waals surface area contributed by atoms with Gasteiger partial charge < -0.3 is 19.9 Å². The lowest BCUT2D eigenvalue weighted by atomic mass is 10.0. The number of aryl methyl sites for hydroxylation is 1. The second kappa shape index (κ2) is 9.79. The summed E-state index contributed by atoms with van der Waals surface area (Å²) >= 11 is 0. The van der Waals surface area contributed by atoms with Crippen LogP contribution in [-0.2, 0) is 11.8 Å². The number of rotatable bonds is 7. The lowest BCUT2D eigenvalue weighted by Crippen LogP contribution is -2.47. The fraction of sp³-hybridized carbons (Fsp3) is 0.222. The van der Waals surface area contributed by atoms with E-state index in [0.717, 1.165) is 22.4 Å². The number of aromatic nitrogens is 2. The number of nitrogens with one attached hydrogen (secondary N) is 2. The number of hydrogen-bond donors (Lipinski definition) is 2. The lowest BCUT2D eigenvalue weighted by molar-refractivity contribution is -0.118. The van der Waals surface area contributed by atoms with Crippen LogP contribution in [0.1, 0.15) is 24.2 Å². The van der Waals surface area contributed by atoms with Gasteiger partial charge in [0.15, 0.2) is 0 Å². The Morgan fingerprint density at radius 3 is 2.29 bits per heavy atom. The Balaban J connectivity index is 1.49. The van der Waals surface area contributed by atoms with Crippen LogP contribution in [0.25, 0.3) is 22.4 Å². The molecule has 0 aliphatic heterocycles. The van der Waals surface area contributed by atoms with E-state index in [2.05, 4.69) is 10.6 Å². The number of imidazole rings is 1. The maximum atomic E-state index is 13.0. The minimum absolute atomic E-state index is 0.113. The quantitative estimate of drug-likeness (QED) is 0.424. The van der Waals surface area contributed by atoms with E-state index in [4.69, 9.17) is 9.72 Å². The number of carbonyl (C=O) groups excluding carboxylic acids is 2. The van der Waals surface area contributed by atoms with Crippen molar-refractivity contribution in [3.8, 4) is 17.1 Å². The molecule has 174 valence electrons. The normalized spacial score (nSPS) is 11.9. The molecule has 1 aromatic heterocycles. The Labute approximate surface area is 198 Å². The molecule has 3 aromatic carbocycles. The average molecular weight is 457 g/mol. The number of benzene rings is 3. The smallest absolute Gasteiger partial charge is 0.255 e. The van der Waals surface area contributed by atoms with Gasteiger partial charge in [-0.15, -0.1) is 0 Å². The predicted octanol–water partition coefficient (Wildman–Crippen LogP) is 4.64.